The molecule has 5 N–H and O–H groups in total. The van der Waals surface area contributed by atoms with Crippen molar-refractivity contribution in [2.75, 3.05) is 50.0 Å². The molecule has 1 aromatic heterocycles. The number of primary amides is 1. The topological polar surface area (TPSA) is 159 Å². The van der Waals surface area contributed by atoms with Gasteiger partial charge in [0.05, 0.1) is 13.2 Å². The van der Waals surface area contributed by atoms with Gasteiger partial charge in [-0.15, -0.1) is 10.2 Å². The van der Waals surface area contributed by atoms with Crippen molar-refractivity contribution in [1.82, 2.24) is 25.0 Å². The fourth-order valence-electron chi connectivity index (χ4n) is 4.28. The maximum absolute atomic E-state index is 12.1. The predicted molar refractivity (Wildman–Crippen MR) is 129 cm³/mol. The van der Waals surface area contributed by atoms with Gasteiger partial charge in [0.1, 0.15) is 6.23 Å². The molecule has 0 aliphatic carbocycles. The number of nitrogens with two attached hydrogens (primary N) is 1. The van der Waals surface area contributed by atoms with Crippen LogP contribution < -0.4 is 16.4 Å². The number of hydrogen-bond donors (Lipinski definition) is 4. The third-order valence-corrected chi connectivity index (χ3v) is 6.19. The van der Waals surface area contributed by atoms with E-state index in [9.17, 15) is 14.7 Å². The molecular formula is C23H32N8O4. The fraction of sp³-hybridized carbons (Fsp3) is 0.522. The molecule has 2 saturated heterocycles. The zero-order valence-electron chi connectivity index (χ0n) is 19.8. The fourth-order valence-corrected chi connectivity index (χ4v) is 4.28. The van der Waals surface area contributed by atoms with Crippen LogP contribution in [-0.4, -0.2) is 87.3 Å². The molecule has 0 radical (unpaired) electrons. The van der Waals surface area contributed by atoms with Crippen LogP contribution in [0.25, 0.3) is 0 Å². The minimum atomic E-state index is -0.754. The Morgan fingerprint density at radius 1 is 1.20 bits per heavy atom. The summed E-state index contributed by atoms with van der Waals surface area (Å²) < 4.78 is 5.34. The zero-order valence-corrected chi connectivity index (χ0v) is 19.8. The highest BCUT2D eigenvalue weighted by atomic mass is 16.5. The minimum Gasteiger partial charge on any atom is -0.379 e. The molecule has 2 aliphatic rings. The largest absolute Gasteiger partial charge is 0.379 e. The number of piperidine rings is 1. The number of anilines is 3. The number of aliphatic hydroxyl groups excluding tert-OH is 1. The third-order valence-electron chi connectivity index (χ3n) is 6.19. The summed E-state index contributed by atoms with van der Waals surface area (Å²) in [5.41, 5.74) is 6.79. The lowest BCUT2D eigenvalue weighted by molar-refractivity contribution is -0.131. The van der Waals surface area contributed by atoms with Gasteiger partial charge >= 0.3 is 0 Å². The second-order valence-electron chi connectivity index (χ2n) is 8.64. The molecule has 1 aromatic carbocycles. The van der Waals surface area contributed by atoms with Crippen molar-refractivity contribution in [3.05, 3.63) is 35.5 Å². The summed E-state index contributed by atoms with van der Waals surface area (Å²) >= 11 is 0. The van der Waals surface area contributed by atoms with Gasteiger partial charge in [0.2, 0.25) is 11.9 Å². The van der Waals surface area contributed by atoms with E-state index in [1.165, 1.54) is 0 Å². The highest BCUT2D eigenvalue weighted by Gasteiger charge is 2.24. The Morgan fingerprint density at radius 3 is 2.63 bits per heavy atom. The zero-order chi connectivity index (χ0) is 24.8. The average Bonchev–Trinajstić information content (AvgIpc) is 2.89. The van der Waals surface area contributed by atoms with Gasteiger partial charge in [0.25, 0.3) is 5.91 Å². The van der Waals surface area contributed by atoms with Gasteiger partial charge in [0, 0.05) is 44.3 Å². The Kier molecular flexibility index (Phi) is 8.06. The number of aromatic nitrogens is 3. The van der Waals surface area contributed by atoms with Crippen molar-refractivity contribution in [2.24, 2.45) is 5.73 Å². The lowest BCUT2D eigenvalue weighted by Gasteiger charge is -2.33. The first-order valence-corrected chi connectivity index (χ1v) is 11.9. The average molecular weight is 485 g/mol. The molecule has 2 amide bonds. The van der Waals surface area contributed by atoms with Crippen LogP contribution in [0, 0.1) is 0 Å². The molecule has 0 saturated carbocycles. The van der Waals surface area contributed by atoms with Crippen molar-refractivity contribution in [1.29, 1.82) is 0 Å². The van der Waals surface area contributed by atoms with Crippen LogP contribution in [0.5, 0.6) is 0 Å². The molecular weight excluding hydrogens is 452 g/mol. The van der Waals surface area contributed by atoms with E-state index in [1.807, 2.05) is 28.9 Å². The number of rotatable bonds is 8. The summed E-state index contributed by atoms with van der Waals surface area (Å²) in [6, 6.07) is 7.17. The molecule has 0 bridgehead atoms. The Balaban J connectivity index is 1.46. The molecule has 12 nitrogen and oxygen atoms in total. The predicted octanol–water partition coefficient (Wildman–Crippen LogP) is 0.850. The maximum Gasteiger partial charge on any atom is 0.273 e. The molecule has 0 spiro atoms. The number of likely N-dealkylation sites (tertiary alicyclic amines) is 1. The summed E-state index contributed by atoms with van der Waals surface area (Å²) in [6.07, 6.45) is 1.49. The van der Waals surface area contributed by atoms with Crippen molar-refractivity contribution in [2.45, 2.75) is 38.5 Å². The van der Waals surface area contributed by atoms with Crippen LogP contribution in [-0.2, 0) is 9.53 Å². The Labute approximate surface area is 203 Å². The van der Waals surface area contributed by atoms with Gasteiger partial charge in [-0.25, -0.2) is 0 Å². The number of nitrogens with zero attached hydrogens (tertiary/aromatic N) is 5. The first-order valence-electron chi connectivity index (χ1n) is 11.9. The number of nitrogens with one attached hydrogen (secondary N) is 2. The summed E-state index contributed by atoms with van der Waals surface area (Å²) in [4.78, 5) is 32.2. The van der Waals surface area contributed by atoms with Crippen LogP contribution in [0.1, 0.15) is 48.5 Å². The number of carbonyl (C=O) groups excluding carboxylic acids is 2. The second kappa shape index (κ2) is 11.4. The normalized spacial score (nSPS) is 19.7. The monoisotopic (exact) mass is 484 g/mol. The molecule has 188 valence electrons. The van der Waals surface area contributed by atoms with Gasteiger partial charge in [-0.05, 0) is 30.5 Å². The number of aliphatic hydroxyl groups is 1. The van der Waals surface area contributed by atoms with Gasteiger partial charge in [-0.2, -0.15) is 4.98 Å². The van der Waals surface area contributed by atoms with E-state index >= 15 is 0 Å². The lowest BCUT2D eigenvalue weighted by Crippen LogP contribution is -2.45. The van der Waals surface area contributed by atoms with E-state index in [0.29, 0.717) is 45.0 Å². The van der Waals surface area contributed by atoms with E-state index in [4.69, 9.17) is 10.5 Å². The van der Waals surface area contributed by atoms with Crippen LogP contribution in [0.2, 0.25) is 0 Å². The van der Waals surface area contributed by atoms with E-state index in [2.05, 4.69) is 25.8 Å². The highest BCUT2D eigenvalue weighted by Crippen LogP contribution is 2.24. The van der Waals surface area contributed by atoms with Crippen molar-refractivity contribution < 1.29 is 19.4 Å². The van der Waals surface area contributed by atoms with Crippen LogP contribution in [0.3, 0.4) is 0 Å². The molecule has 35 heavy (non-hydrogen) atoms. The minimum absolute atomic E-state index is 0.0192. The van der Waals surface area contributed by atoms with E-state index in [0.717, 1.165) is 24.9 Å². The standard InChI is InChI=1S/C23H32N8O4/c1-2-18(32)31-9-3-4-17(14-31)26-23-27-21(19(20(24)33)28-29-23)25-16-7-5-15(6-8-16)22(34)30-10-12-35-13-11-30/h5-8,17,22,34H,2-4,9-14H2,1H3,(H2,24,33)(H2,25,26,27,29)/t17-,22?/m1/s1. The SMILES string of the molecule is CCC(=O)N1CCC[C@@H](Nc2nnc(C(N)=O)c(Nc3ccc(C(O)N4CCOCC4)cc3)n2)C1. The smallest absolute Gasteiger partial charge is 0.273 e. The van der Waals surface area contributed by atoms with Crippen LogP contribution >= 0.6 is 0 Å². The number of amides is 2. The number of hydrogen-bond acceptors (Lipinski definition) is 10. The molecule has 12 heteroatoms. The first kappa shape index (κ1) is 24.8. The number of benzene rings is 1. The summed E-state index contributed by atoms with van der Waals surface area (Å²) in [5, 5.41) is 24.9. The van der Waals surface area contributed by atoms with Crippen LogP contribution in [0.4, 0.5) is 17.5 Å². The van der Waals surface area contributed by atoms with Crippen molar-refractivity contribution in [3.8, 4) is 0 Å². The number of morpholine rings is 1. The highest BCUT2D eigenvalue weighted by molar-refractivity contribution is 5.96. The second-order valence-corrected chi connectivity index (χ2v) is 8.64. The Bertz CT molecular complexity index is 1030. The summed E-state index contributed by atoms with van der Waals surface area (Å²) in [7, 11) is 0. The molecule has 1 unspecified atom stereocenters. The molecule has 2 fully saturated rings. The molecule has 2 aromatic rings. The molecule has 2 atom stereocenters. The molecule has 3 heterocycles. The lowest BCUT2D eigenvalue weighted by atomic mass is 10.1. The van der Waals surface area contributed by atoms with Gasteiger partial charge < -0.3 is 31.1 Å². The molecule has 2 aliphatic heterocycles. The van der Waals surface area contributed by atoms with Gasteiger partial charge in [-0.3, -0.25) is 14.5 Å². The summed E-state index contributed by atoms with van der Waals surface area (Å²) in [5.74, 6) is -0.221. The van der Waals surface area contributed by atoms with Gasteiger partial charge in [0.15, 0.2) is 11.5 Å². The Morgan fingerprint density at radius 2 is 1.94 bits per heavy atom. The number of ether oxygens (including phenoxy) is 1. The Hall–Kier alpha value is -3.35. The van der Waals surface area contributed by atoms with E-state index in [1.54, 1.807) is 12.1 Å². The molecule has 4 rings (SSSR count). The van der Waals surface area contributed by atoms with Gasteiger partial charge in [-0.1, -0.05) is 19.1 Å². The van der Waals surface area contributed by atoms with Crippen molar-refractivity contribution >= 4 is 29.3 Å². The maximum atomic E-state index is 12.1. The summed E-state index contributed by atoms with van der Waals surface area (Å²) in [6.45, 7) is 5.67. The first-order chi connectivity index (χ1) is 16.9. The van der Waals surface area contributed by atoms with E-state index < -0.39 is 12.1 Å². The van der Waals surface area contributed by atoms with E-state index in [-0.39, 0.29) is 29.4 Å². The van der Waals surface area contributed by atoms with Crippen LogP contribution in [0.15, 0.2) is 24.3 Å². The third kappa shape index (κ3) is 6.21. The quantitative estimate of drug-likeness (QED) is 0.423. The number of carbonyl (C=O) groups is 2. The van der Waals surface area contributed by atoms with Crippen molar-refractivity contribution in [3.63, 3.8) is 0 Å².